The third kappa shape index (κ3) is 10.1. The van der Waals surface area contributed by atoms with Crippen LogP contribution in [0.4, 0.5) is 0 Å². The average Bonchev–Trinajstić information content (AvgIpc) is 2.85. The highest BCUT2D eigenvalue weighted by Crippen LogP contribution is 2.29. The van der Waals surface area contributed by atoms with Gasteiger partial charge in [-0.3, -0.25) is 4.79 Å². The van der Waals surface area contributed by atoms with Gasteiger partial charge in [-0.1, -0.05) is 5.92 Å². The number of piperidine rings is 2. The van der Waals surface area contributed by atoms with Gasteiger partial charge in [0.1, 0.15) is 0 Å². The molecule has 3 rings (SSSR count). The second kappa shape index (κ2) is 14.4. The highest BCUT2D eigenvalue weighted by molar-refractivity contribution is 5.68. The third-order valence-corrected chi connectivity index (χ3v) is 8.97. The molecule has 0 aliphatic carbocycles. The molecule has 2 saturated heterocycles. The van der Waals surface area contributed by atoms with E-state index in [1.54, 1.807) is 0 Å². The van der Waals surface area contributed by atoms with Crippen LogP contribution in [0, 0.1) is 23.7 Å². The highest BCUT2D eigenvalue weighted by Gasteiger charge is 2.37. The number of aliphatic hydroxyl groups excluding tert-OH is 3. The van der Waals surface area contributed by atoms with Crippen LogP contribution in [0.1, 0.15) is 90.9 Å². The molecular formula is C29H51N3O6. The molecule has 0 saturated carbocycles. The van der Waals surface area contributed by atoms with Crippen molar-refractivity contribution in [2.24, 2.45) is 11.8 Å². The Hall–Kier alpha value is -1.25. The number of fused-ring (bicyclic) bond motifs is 2. The van der Waals surface area contributed by atoms with Crippen molar-refractivity contribution in [3.8, 4) is 11.8 Å². The second-order valence-electron chi connectivity index (χ2n) is 12.6. The van der Waals surface area contributed by atoms with Gasteiger partial charge in [0.25, 0.3) is 0 Å². The van der Waals surface area contributed by atoms with E-state index in [-0.39, 0.29) is 67.6 Å². The number of hydrogen-bond acceptors (Lipinski definition) is 8. The van der Waals surface area contributed by atoms with Crippen molar-refractivity contribution in [2.45, 2.75) is 132 Å². The van der Waals surface area contributed by atoms with E-state index < -0.39 is 17.7 Å². The lowest BCUT2D eigenvalue weighted by molar-refractivity contribution is -0.143. The van der Waals surface area contributed by atoms with Gasteiger partial charge in [0.05, 0.1) is 24.2 Å². The van der Waals surface area contributed by atoms with Crippen LogP contribution in [-0.2, 0) is 4.79 Å². The summed E-state index contributed by atoms with van der Waals surface area (Å²) in [5, 5.41) is 62.2. The third-order valence-electron chi connectivity index (χ3n) is 8.97. The predicted molar refractivity (Wildman–Crippen MR) is 146 cm³/mol. The van der Waals surface area contributed by atoms with Crippen LogP contribution in [-0.4, -0.2) is 92.7 Å². The summed E-state index contributed by atoms with van der Waals surface area (Å²) < 4.78 is 0. The number of carboxylic acids is 1. The van der Waals surface area contributed by atoms with E-state index in [1.807, 2.05) is 6.92 Å². The summed E-state index contributed by atoms with van der Waals surface area (Å²) >= 11 is 0. The van der Waals surface area contributed by atoms with Crippen molar-refractivity contribution in [3.05, 3.63) is 0 Å². The smallest absolute Gasteiger partial charge is 0.306 e. The minimum atomic E-state index is -1.40. The van der Waals surface area contributed by atoms with E-state index in [0.29, 0.717) is 32.1 Å². The Balaban J connectivity index is 1.68. The Kier molecular flexibility index (Phi) is 11.9. The molecule has 3 heterocycles. The van der Waals surface area contributed by atoms with Gasteiger partial charge >= 0.3 is 5.97 Å². The van der Waals surface area contributed by atoms with Gasteiger partial charge in [0.2, 0.25) is 0 Å². The molecule has 2 bridgehead atoms. The Morgan fingerprint density at radius 2 is 2.00 bits per heavy atom. The van der Waals surface area contributed by atoms with Crippen molar-refractivity contribution < 1.29 is 30.3 Å². The van der Waals surface area contributed by atoms with Gasteiger partial charge in [-0.2, -0.15) is 0 Å². The van der Waals surface area contributed by atoms with Gasteiger partial charge in [-0.15, -0.1) is 5.92 Å². The molecule has 0 aromatic rings. The van der Waals surface area contributed by atoms with Crippen LogP contribution in [0.3, 0.4) is 0 Å². The lowest BCUT2D eigenvalue weighted by Crippen LogP contribution is -2.57. The second-order valence-corrected chi connectivity index (χ2v) is 12.6. The molecule has 218 valence electrons. The standard InChI is InChI=1S/C29H51N3O6/c1-20-26(35)9-7-23(32-20)6-8-25(34)15-21-4-3-5-24-16-28(2,12-13-30-24)31-19-29(38,17-27(36)37)11-10-22(14-21)18-33/h20-26,30-35,38H,5-19H2,1-2H3,(H,36,37). The lowest BCUT2D eigenvalue weighted by Gasteiger charge is -2.42. The van der Waals surface area contributed by atoms with Crippen molar-refractivity contribution in [3.63, 3.8) is 0 Å². The first-order valence-electron chi connectivity index (χ1n) is 14.6. The molecular weight excluding hydrogens is 486 g/mol. The molecule has 9 heteroatoms. The van der Waals surface area contributed by atoms with E-state index in [0.717, 1.165) is 38.6 Å². The fraction of sp³-hybridized carbons (Fsp3) is 0.897. The molecule has 0 spiro atoms. The first-order valence-corrected chi connectivity index (χ1v) is 14.6. The summed E-state index contributed by atoms with van der Waals surface area (Å²) in [6, 6.07) is 0.542. The van der Waals surface area contributed by atoms with Crippen LogP contribution in [0.25, 0.3) is 0 Å². The van der Waals surface area contributed by atoms with Crippen LogP contribution in [0.2, 0.25) is 0 Å². The summed E-state index contributed by atoms with van der Waals surface area (Å²) in [5.74, 6) is 5.51. The number of carbonyl (C=O) groups is 1. The van der Waals surface area contributed by atoms with E-state index in [1.165, 1.54) is 0 Å². The minimum Gasteiger partial charge on any atom is -0.481 e. The maximum atomic E-state index is 11.6. The van der Waals surface area contributed by atoms with Gasteiger partial charge in [0, 0.05) is 49.2 Å². The zero-order valence-corrected chi connectivity index (χ0v) is 23.3. The molecule has 0 aromatic carbocycles. The van der Waals surface area contributed by atoms with Crippen molar-refractivity contribution in [2.75, 3.05) is 19.7 Å². The number of β-amino-alcohol motifs (C(OH)–C–C–N with tert-alkyl or cyclic N) is 1. The number of aliphatic hydroxyl groups is 4. The normalized spacial score (nSPS) is 39.8. The Morgan fingerprint density at radius 1 is 1.21 bits per heavy atom. The van der Waals surface area contributed by atoms with Crippen LogP contribution < -0.4 is 16.0 Å². The topological polar surface area (TPSA) is 154 Å². The van der Waals surface area contributed by atoms with Crippen molar-refractivity contribution in [1.82, 2.24) is 16.0 Å². The molecule has 3 aliphatic heterocycles. The molecule has 9 atom stereocenters. The molecule has 3 aliphatic rings. The molecule has 0 aromatic heterocycles. The molecule has 2 fully saturated rings. The predicted octanol–water partition coefficient (Wildman–Crippen LogP) is 1.13. The molecule has 8 N–H and O–H groups in total. The zero-order chi connectivity index (χ0) is 27.8. The Morgan fingerprint density at radius 3 is 2.71 bits per heavy atom. The monoisotopic (exact) mass is 537 g/mol. The Labute approximate surface area is 228 Å². The SMILES string of the molecule is CC1NC(CCC(O)CC2C#CCC3CC(C)(CCN3)NCC(O)(CC(=O)O)CCC(CO)C2)CCC1O. The molecule has 9 unspecified atom stereocenters. The zero-order valence-electron chi connectivity index (χ0n) is 23.3. The molecule has 9 nitrogen and oxygen atoms in total. The first-order chi connectivity index (χ1) is 18.0. The van der Waals surface area contributed by atoms with Crippen LogP contribution >= 0.6 is 0 Å². The van der Waals surface area contributed by atoms with Gasteiger partial charge in [-0.05, 0) is 90.5 Å². The summed E-state index contributed by atoms with van der Waals surface area (Å²) in [6.45, 7) is 5.06. The summed E-state index contributed by atoms with van der Waals surface area (Å²) in [6.07, 6.45) is 6.25. The fourth-order valence-corrected chi connectivity index (χ4v) is 6.43. The number of nitrogens with one attached hydrogen (secondary N) is 3. The minimum absolute atomic E-state index is 0.0619. The van der Waals surface area contributed by atoms with Crippen molar-refractivity contribution in [1.29, 1.82) is 0 Å². The van der Waals surface area contributed by atoms with Crippen LogP contribution in [0.5, 0.6) is 0 Å². The number of hydrogen-bond donors (Lipinski definition) is 8. The summed E-state index contributed by atoms with van der Waals surface area (Å²) in [7, 11) is 0. The fourth-order valence-electron chi connectivity index (χ4n) is 6.43. The molecule has 0 radical (unpaired) electrons. The Bertz CT molecular complexity index is 818. The summed E-state index contributed by atoms with van der Waals surface area (Å²) in [5.41, 5.74) is -1.62. The van der Waals surface area contributed by atoms with E-state index >= 15 is 0 Å². The summed E-state index contributed by atoms with van der Waals surface area (Å²) in [4.78, 5) is 11.6. The van der Waals surface area contributed by atoms with Crippen LogP contribution in [0.15, 0.2) is 0 Å². The largest absolute Gasteiger partial charge is 0.481 e. The van der Waals surface area contributed by atoms with Gasteiger partial charge in [-0.25, -0.2) is 0 Å². The maximum absolute atomic E-state index is 11.6. The van der Waals surface area contributed by atoms with Gasteiger partial charge < -0.3 is 41.5 Å². The molecule has 38 heavy (non-hydrogen) atoms. The quantitative estimate of drug-likeness (QED) is 0.213. The van der Waals surface area contributed by atoms with E-state index in [2.05, 4.69) is 34.7 Å². The van der Waals surface area contributed by atoms with Crippen molar-refractivity contribution >= 4 is 5.97 Å². The number of aliphatic carboxylic acids is 1. The van der Waals surface area contributed by atoms with E-state index in [9.17, 15) is 30.3 Å². The maximum Gasteiger partial charge on any atom is 0.306 e. The van der Waals surface area contributed by atoms with Gasteiger partial charge in [0.15, 0.2) is 0 Å². The number of rotatable bonds is 8. The van der Waals surface area contributed by atoms with E-state index in [4.69, 9.17) is 0 Å². The molecule has 0 amide bonds. The first kappa shape index (κ1) is 31.3. The number of carboxylic acid groups (broad SMARTS) is 1. The average molecular weight is 538 g/mol. The lowest BCUT2D eigenvalue weighted by atomic mass is 9.81. The highest BCUT2D eigenvalue weighted by atomic mass is 16.4.